The molecule has 0 amide bonds. The standard InChI is InChI=1S/C48H40N3P.C8H9N.C2H6/c1-33-21-30-44-42(31-33)46-41-18-10-12-20-45(41)52(39-15-7-4-8-16-39)47(46)40-17-9-11-19-43(40)51(44)38-28-22-34(23-29-38)32-50-48(49-2)37-26-24-36(25-27-37)35-13-5-3-6-14-35;1-9-7-8-5-3-2-4-6-8;1-2/h3-20,22-29,33H,2,21,30-32H2,1H3;2-6H,1,7H2;1-2H3. The Bertz CT molecular complexity index is 2860. The molecule has 4 nitrogen and oxygen atoms in total. The fourth-order valence-electron chi connectivity index (χ4n) is 8.85. The summed E-state index contributed by atoms with van der Waals surface area (Å²) in [6.45, 7) is 14.9. The third kappa shape index (κ3) is 9.19. The second-order valence-corrected chi connectivity index (χ2v) is 17.9. The van der Waals surface area contributed by atoms with Gasteiger partial charge in [-0.2, -0.15) is 0 Å². The molecular formula is C58H55N4P. The lowest BCUT2D eigenvalue weighted by atomic mass is 9.83. The number of allylic oxidation sites excluding steroid dienone is 2. The zero-order valence-electron chi connectivity index (χ0n) is 36.7. The zero-order chi connectivity index (χ0) is 43.5. The van der Waals surface area contributed by atoms with Crippen LogP contribution in [0.3, 0.4) is 0 Å². The van der Waals surface area contributed by atoms with E-state index in [1.165, 1.54) is 78.0 Å². The highest BCUT2D eigenvalue weighted by Gasteiger charge is 2.35. The Kier molecular flexibility index (Phi) is 13.8. The fraction of sp³-hybridized carbons (Fsp3) is 0.155. The maximum atomic E-state index is 4.91. The Labute approximate surface area is 374 Å². The highest BCUT2D eigenvalue weighted by molar-refractivity contribution is 7.65. The van der Waals surface area contributed by atoms with Gasteiger partial charge in [0.25, 0.3) is 0 Å². The summed E-state index contributed by atoms with van der Waals surface area (Å²) in [6, 6.07) is 67.4. The Balaban J connectivity index is 0.000000438. The predicted molar refractivity (Wildman–Crippen MR) is 275 cm³/mol. The van der Waals surface area contributed by atoms with Gasteiger partial charge in [-0.05, 0) is 101 Å². The van der Waals surface area contributed by atoms with E-state index in [0.717, 1.165) is 30.5 Å². The van der Waals surface area contributed by atoms with E-state index in [4.69, 9.17) is 4.99 Å². The van der Waals surface area contributed by atoms with Gasteiger partial charge in [0, 0.05) is 32.9 Å². The number of rotatable bonds is 8. The van der Waals surface area contributed by atoms with E-state index in [-0.39, 0.29) is 0 Å². The number of nitrogens with zero attached hydrogens (tertiary/aromatic N) is 4. The summed E-state index contributed by atoms with van der Waals surface area (Å²) in [4.78, 5) is 15.6. The Morgan fingerprint density at radius 3 is 1.94 bits per heavy atom. The van der Waals surface area contributed by atoms with Crippen molar-refractivity contribution in [2.75, 3.05) is 4.90 Å². The molecule has 2 aliphatic rings. The third-order valence-electron chi connectivity index (χ3n) is 11.8. The minimum absolute atomic E-state index is 0.533. The third-order valence-corrected chi connectivity index (χ3v) is 14.4. The number of amidine groups is 1. The first-order valence-corrected chi connectivity index (χ1v) is 23.5. The first kappa shape index (κ1) is 42.8. The molecule has 0 saturated heterocycles. The lowest BCUT2D eigenvalue weighted by molar-refractivity contribution is 0.521. The number of benzene rings is 7. The smallest absolute Gasteiger partial charge is 0.154 e. The number of para-hydroxylation sites is 1. The van der Waals surface area contributed by atoms with E-state index in [1.54, 1.807) is 0 Å². The minimum Gasteiger partial charge on any atom is -0.313 e. The summed E-state index contributed by atoms with van der Waals surface area (Å²) >= 11 is 0. The maximum Gasteiger partial charge on any atom is 0.154 e. The summed E-state index contributed by atoms with van der Waals surface area (Å²) in [6.07, 6.45) is 3.32. The van der Waals surface area contributed by atoms with E-state index < -0.39 is 7.53 Å². The molecule has 312 valence electrons. The SMILES string of the molecule is C=NC(=NCc1ccc(N2C3=C(CC(C)CC3)c3c(p(-c4ccccc4)c4ccccc34)-c3ccccc32)cc1)c1ccc(-c2ccccc2)cc1.C=NCc1ccccc1.CC. The van der Waals surface area contributed by atoms with Gasteiger partial charge in [-0.15, -0.1) is 0 Å². The van der Waals surface area contributed by atoms with Crippen molar-refractivity contribution >= 4 is 54.3 Å². The summed E-state index contributed by atoms with van der Waals surface area (Å²) in [7, 11) is -0.713. The van der Waals surface area contributed by atoms with Crippen molar-refractivity contribution in [3.63, 3.8) is 0 Å². The molecule has 0 N–H and O–H groups in total. The van der Waals surface area contributed by atoms with Gasteiger partial charge in [-0.25, -0.2) is 4.99 Å². The molecule has 8 aromatic rings. The van der Waals surface area contributed by atoms with Crippen molar-refractivity contribution in [1.82, 2.24) is 0 Å². The molecule has 1 aliphatic heterocycles. The molecule has 63 heavy (non-hydrogen) atoms. The van der Waals surface area contributed by atoms with Crippen molar-refractivity contribution in [2.24, 2.45) is 20.9 Å². The van der Waals surface area contributed by atoms with Crippen LogP contribution >= 0.6 is 7.53 Å². The van der Waals surface area contributed by atoms with Gasteiger partial charge in [0.15, 0.2) is 5.84 Å². The number of fused-ring (bicyclic) bond motifs is 6. The number of aliphatic imine (C=N–C) groups is 3. The lowest BCUT2D eigenvalue weighted by Gasteiger charge is -2.34. The Morgan fingerprint density at radius 2 is 1.24 bits per heavy atom. The van der Waals surface area contributed by atoms with Gasteiger partial charge in [0.1, 0.15) is 0 Å². The molecule has 10 rings (SSSR count). The van der Waals surface area contributed by atoms with Gasteiger partial charge in [0.05, 0.1) is 18.8 Å². The van der Waals surface area contributed by atoms with E-state index in [1.807, 2.05) is 50.2 Å². The zero-order valence-corrected chi connectivity index (χ0v) is 37.6. The highest BCUT2D eigenvalue weighted by Crippen LogP contribution is 2.64. The molecule has 2 heterocycles. The van der Waals surface area contributed by atoms with Crippen molar-refractivity contribution in [2.45, 2.75) is 53.1 Å². The molecule has 0 saturated carbocycles. The van der Waals surface area contributed by atoms with Crippen LogP contribution in [0, 0.1) is 5.92 Å². The number of hydrogen-bond acceptors (Lipinski definition) is 3. The molecule has 5 heteroatoms. The summed E-state index contributed by atoms with van der Waals surface area (Å²) in [5.74, 6) is 1.29. The van der Waals surface area contributed by atoms with Crippen molar-refractivity contribution < 1.29 is 0 Å². The second kappa shape index (κ2) is 20.3. The van der Waals surface area contributed by atoms with Crippen LogP contribution in [-0.4, -0.2) is 19.3 Å². The van der Waals surface area contributed by atoms with Crippen LogP contribution in [-0.2, 0) is 13.1 Å². The first-order valence-electron chi connectivity index (χ1n) is 22.1. The summed E-state index contributed by atoms with van der Waals surface area (Å²) in [5, 5.41) is 5.82. The molecule has 1 aliphatic carbocycles. The van der Waals surface area contributed by atoms with Crippen LogP contribution in [0.2, 0.25) is 0 Å². The Hall–Kier alpha value is -6.87. The van der Waals surface area contributed by atoms with E-state index in [2.05, 4.69) is 187 Å². The molecule has 7 aromatic carbocycles. The van der Waals surface area contributed by atoms with Crippen LogP contribution in [0.15, 0.2) is 209 Å². The van der Waals surface area contributed by atoms with Crippen LogP contribution in [0.25, 0.3) is 43.4 Å². The molecular weight excluding hydrogens is 784 g/mol. The summed E-state index contributed by atoms with van der Waals surface area (Å²) < 4.78 is 0. The van der Waals surface area contributed by atoms with Gasteiger partial charge in [0.2, 0.25) is 0 Å². The van der Waals surface area contributed by atoms with Gasteiger partial charge >= 0.3 is 0 Å². The van der Waals surface area contributed by atoms with E-state index in [0.29, 0.717) is 18.3 Å². The molecule has 2 atom stereocenters. The molecule has 0 radical (unpaired) electrons. The van der Waals surface area contributed by atoms with Crippen LogP contribution in [0.1, 0.15) is 62.3 Å². The monoisotopic (exact) mass is 838 g/mol. The normalized spacial score (nSPS) is 14.5. The lowest BCUT2D eigenvalue weighted by Crippen LogP contribution is -2.21. The van der Waals surface area contributed by atoms with Crippen molar-refractivity contribution in [1.29, 1.82) is 0 Å². The predicted octanol–water partition coefficient (Wildman–Crippen LogP) is 16.4. The molecule has 0 bridgehead atoms. The molecule has 2 unspecified atom stereocenters. The molecule has 0 spiro atoms. The second-order valence-electron chi connectivity index (χ2n) is 15.8. The minimum atomic E-state index is -0.713. The topological polar surface area (TPSA) is 40.3 Å². The van der Waals surface area contributed by atoms with Crippen LogP contribution in [0.4, 0.5) is 11.4 Å². The van der Waals surface area contributed by atoms with Crippen molar-refractivity contribution in [3.8, 4) is 27.3 Å². The quantitative estimate of drug-likeness (QED) is 0.111. The highest BCUT2D eigenvalue weighted by atomic mass is 31.1. The van der Waals surface area contributed by atoms with Gasteiger partial charge in [-0.3, -0.25) is 9.98 Å². The fourth-order valence-corrected chi connectivity index (χ4v) is 11.7. The molecule has 0 fully saturated rings. The first-order chi connectivity index (χ1) is 31.1. The van der Waals surface area contributed by atoms with Crippen LogP contribution in [0.5, 0.6) is 0 Å². The molecule has 1 aromatic heterocycles. The number of anilines is 2. The summed E-state index contributed by atoms with van der Waals surface area (Å²) in [5.41, 5.74) is 13.9. The largest absolute Gasteiger partial charge is 0.313 e. The average molecular weight is 839 g/mol. The number of hydrogen-bond donors (Lipinski definition) is 0. The van der Waals surface area contributed by atoms with E-state index in [9.17, 15) is 0 Å². The van der Waals surface area contributed by atoms with Crippen LogP contribution < -0.4 is 4.90 Å². The van der Waals surface area contributed by atoms with Gasteiger partial charge < -0.3 is 4.90 Å². The maximum absolute atomic E-state index is 4.91. The van der Waals surface area contributed by atoms with Gasteiger partial charge in [-0.1, -0.05) is 198 Å². The Morgan fingerprint density at radius 1 is 0.635 bits per heavy atom. The van der Waals surface area contributed by atoms with E-state index >= 15 is 0 Å². The average Bonchev–Trinajstić information content (AvgIpc) is 3.64. The van der Waals surface area contributed by atoms with Crippen molar-refractivity contribution in [3.05, 3.63) is 216 Å².